The van der Waals surface area contributed by atoms with Gasteiger partial charge in [-0.2, -0.15) is 5.10 Å². The Bertz CT molecular complexity index is 604. The number of carbonyl (C=O) groups is 1. The fourth-order valence-corrected chi connectivity index (χ4v) is 4.66. The summed E-state index contributed by atoms with van der Waals surface area (Å²) in [7, 11) is 3.80. The van der Waals surface area contributed by atoms with Gasteiger partial charge in [0.2, 0.25) is 5.91 Å². The first-order valence-electron chi connectivity index (χ1n) is 9.75. The van der Waals surface area contributed by atoms with Crippen molar-refractivity contribution in [2.24, 2.45) is 7.05 Å². The average Bonchev–Trinajstić information content (AvgIpc) is 3.38. The molecule has 2 heterocycles. The number of piperidine rings is 1. The number of rotatable bonds is 5. The molecular weight excluding hydrogens is 316 g/mol. The Kier molecular flexibility index (Phi) is 4.82. The van der Waals surface area contributed by atoms with Crippen LogP contribution in [-0.2, 0) is 16.6 Å². The topological polar surface area (TPSA) is 59.4 Å². The van der Waals surface area contributed by atoms with Gasteiger partial charge in [-0.3, -0.25) is 9.48 Å². The maximum absolute atomic E-state index is 12.7. The van der Waals surface area contributed by atoms with Gasteiger partial charge in [0.15, 0.2) is 0 Å². The lowest BCUT2D eigenvalue weighted by Gasteiger charge is -2.44. The molecule has 0 aromatic carbocycles. The van der Waals surface area contributed by atoms with Gasteiger partial charge >= 0.3 is 0 Å². The maximum atomic E-state index is 12.7. The SMILES string of the molecule is COC1CCC(N[C@@H]2CCC(=O)N(C3CC3)[C@H]2c2ccnn2C)CC1. The Labute approximate surface area is 149 Å². The molecule has 4 rings (SSSR count). The number of hydrogen-bond acceptors (Lipinski definition) is 4. The molecule has 2 saturated carbocycles. The van der Waals surface area contributed by atoms with Gasteiger partial charge in [0.25, 0.3) is 0 Å². The van der Waals surface area contributed by atoms with Crippen molar-refractivity contribution in [3.63, 3.8) is 0 Å². The molecule has 2 aliphatic carbocycles. The Hall–Kier alpha value is -1.40. The van der Waals surface area contributed by atoms with E-state index in [1.54, 1.807) is 0 Å². The zero-order chi connectivity index (χ0) is 17.4. The third-order valence-electron chi connectivity index (χ3n) is 6.20. The molecule has 3 aliphatic rings. The molecule has 0 radical (unpaired) electrons. The minimum absolute atomic E-state index is 0.112. The number of amides is 1. The van der Waals surface area contributed by atoms with Crippen LogP contribution in [0.3, 0.4) is 0 Å². The first-order valence-corrected chi connectivity index (χ1v) is 9.75. The molecule has 6 nitrogen and oxygen atoms in total. The average molecular weight is 346 g/mol. The van der Waals surface area contributed by atoms with Crippen molar-refractivity contribution in [3.05, 3.63) is 18.0 Å². The van der Waals surface area contributed by atoms with E-state index in [1.165, 1.54) is 0 Å². The number of nitrogens with one attached hydrogen (secondary N) is 1. The Balaban J connectivity index is 1.53. The van der Waals surface area contributed by atoms with Gasteiger partial charge in [0.05, 0.1) is 17.8 Å². The summed E-state index contributed by atoms with van der Waals surface area (Å²) in [4.78, 5) is 14.8. The predicted octanol–water partition coefficient (Wildman–Crippen LogP) is 2.16. The second kappa shape index (κ2) is 7.08. The molecule has 138 valence electrons. The lowest BCUT2D eigenvalue weighted by atomic mass is 9.88. The zero-order valence-electron chi connectivity index (χ0n) is 15.4. The van der Waals surface area contributed by atoms with Gasteiger partial charge < -0.3 is 15.0 Å². The number of hydrogen-bond donors (Lipinski definition) is 1. The Morgan fingerprint density at radius 1 is 1.16 bits per heavy atom. The molecule has 1 aromatic heterocycles. The van der Waals surface area contributed by atoms with E-state index < -0.39 is 0 Å². The standard InChI is InChI=1S/C19H30N4O2/c1-22-17(11-12-20-22)19-16(9-10-18(24)23(19)14-5-6-14)21-13-3-7-15(25-2)8-4-13/h11-16,19,21H,3-10H2,1-2H3/t13?,15?,16-,19-/m1/s1. The summed E-state index contributed by atoms with van der Waals surface area (Å²) in [5, 5.41) is 8.28. The highest BCUT2D eigenvalue weighted by Gasteiger charge is 2.45. The van der Waals surface area contributed by atoms with Crippen LogP contribution in [0.25, 0.3) is 0 Å². The fourth-order valence-electron chi connectivity index (χ4n) is 4.66. The summed E-state index contributed by atoms with van der Waals surface area (Å²) in [6, 6.07) is 3.47. The molecule has 1 saturated heterocycles. The molecule has 0 unspecified atom stereocenters. The smallest absolute Gasteiger partial charge is 0.223 e. The van der Waals surface area contributed by atoms with E-state index in [0.717, 1.165) is 50.6 Å². The molecule has 3 fully saturated rings. The van der Waals surface area contributed by atoms with E-state index >= 15 is 0 Å². The normalized spacial score (nSPS) is 33.7. The largest absolute Gasteiger partial charge is 0.381 e. The summed E-state index contributed by atoms with van der Waals surface area (Å²) < 4.78 is 7.44. The summed E-state index contributed by atoms with van der Waals surface area (Å²) >= 11 is 0. The van der Waals surface area contributed by atoms with Crippen LogP contribution in [0.4, 0.5) is 0 Å². The van der Waals surface area contributed by atoms with Crippen molar-refractivity contribution in [2.45, 2.75) is 81.6 Å². The summed E-state index contributed by atoms with van der Waals surface area (Å²) in [6.07, 6.45) is 10.7. The van der Waals surface area contributed by atoms with E-state index in [9.17, 15) is 4.79 Å². The van der Waals surface area contributed by atoms with Crippen LogP contribution < -0.4 is 5.32 Å². The minimum atomic E-state index is 0.112. The number of ether oxygens (including phenoxy) is 1. The van der Waals surface area contributed by atoms with Crippen molar-refractivity contribution >= 4 is 5.91 Å². The maximum Gasteiger partial charge on any atom is 0.223 e. The second-order valence-corrected chi connectivity index (χ2v) is 7.88. The number of aryl methyl sites for hydroxylation is 1. The molecule has 0 spiro atoms. The number of aromatic nitrogens is 2. The first-order chi connectivity index (χ1) is 12.2. The molecular formula is C19H30N4O2. The molecule has 25 heavy (non-hydrogen) atoms. The van der Waals surface area contributed by atoms with Gasteiger partial charge in [-0.05, 0) is 51.0 Å². The Morgan fingerprint density at radius 3 is 2.52 bits per heavy atom. The van der Waals surface area contributed by atoms with Crippen LogP contribution in [-0.4, -0.2) is 51.9 Å². The van der Waals surface area contributed by atoms with Crippen molar-refractivity contribution < 1.29 is 9.53 Å². The van der Waals surface area contributed by atoms with Gasteiger partial charge in [-0.1, -0.05) is 0 Å². The van der Waals surface area contributed by atoms with E-state index in [0.29, 0.717) is 36.6 Å². The lowest BCUT2D eigenvalue weighted by molar-refractivity contribution is -0.139. The van der Waals surface area contributed by atoms with E-state index in [4.69, 9.17) is 4.74 Å². The minimum Gasteiger partial charge on any atom is -0.381 e. The quantitative estimate of drug-likeness (QED) is 0.888. The van der Waals surface area contributed by atoms with Crippen molar-refractivity contribution in [3.8, 4) is 0 Å². The number of methoxy groups -OCH3 is 1. The van der Waals surface area contributed by atoms with Crippen LogP contribution in [0.1, 0.15) is 63.1 Å². The monoisotopic (exact) mass is 346 g/mol. The summed E-state index contributed by atoms with van der Waals surface area (Å²) in [5.41, 5.74) is 1.16. The molecule has 2 atom stereocenters. The van der Waals surface area contributed by atoms with Crippen LogP contribution in [0.15, 0.2) is 12.3 Å². The van der Waals surface area contributed by atoms with Gasteiger partial charge in [0.1, 0.15) is 0 Å². The van der Waals surface area contributed by atoms with E-state index in [-0.39, 0.29) is 6.04 Å². The predicted molar refractivity (Wildman–Crippen MR) is 95.0 cm³/mol. The molecule has 0 bridgehead atoms. The van der Waals surface area contributed by atoms with Crippen molar-refractivity contribution in [1.29, 1.82) is 0 Å². The van der Waals surface area contributed by atoms with Crippen LogP contribution in [0, 0.1) is 0 Å². The lowest BCUT2D eigenvalue weighted by Crippen LogP contribution is -2.54. The molecule has 1 aromatic rings. The fraction of sp³-hybridized carbons (Fsp3) is 0.789. The van der Waals surface area contributed by atoms with E-state index in [1.807, 2.05) is 25.0 Å². The number of likely N-dealkylation sites (tertiary alicyclic amines) is 1. The molecule has 1 amide bonds. The van der Waals surface area contributed by atoms with Crippen LogP contribution in [0.5, 0.6) is 0 Å². The highest BCUT2D eigenvalue weighted by Crippen LogP contribution is 2.41. The summed E-state index contributed by atoms with van der Waals surface area (Å²) in [6.45, 7) is 0. The van der Waals surface area contributed by atoms with E-state index in [2.05, 4.69) is 21.4 Å². The first kappa shape index (κ1) is 17.0. The van der Waals surface area contributed by atoms with Crippen LogP contribution in [0.2, 0.25) is 0 Å². The third-order valence-corrected chi connectivity index (χ3v) is 6.20. The van der Waals surface area contributed by atoms with Gasteiger partial charge in [-0.25, -0.2) is 0 Å². The second-order valence-electron chi connectivity index (χ2n) is 7.88. The summed E-state index contributed by atoms with van der Waals surface area (Å²) in [5.74, 6) is 0.315. The molecule has 1 N–H and O–H groups in total. The van der Waals surface area contributed by atoms with Gasteiger partial charge in [0, 0.05) is 44.9 Å². The van der Waals surface area contributed by atoms with Crippen LogP contribution >= 0.6 is 0 Å². The zero-order valence-corrected chi connectivity index (χ0v) is 15.4. The molecule has 6 heteroatoms. The number of carbonyl (C=O) groups excluding carboxylic acids is 1. The Morgan fingerprint density at radius 2 is 1.92 bits per heavy atom. The number of nitrogens with zero attached hydrogens (tertiary/aromatic N) is 3. The van der Waals surface area contributed by atoms with Gasteiger partial charge in [-0.15, -0.1) is 0 Å². The van der Waals surface area contributed by atoms with Crippen molar-refractivity contribution in [1.82, 2.24) is 20.0 Å². The van der Waals surface area contributed by atoms with Crippen molar-refractivity contribution in [2.75, 3.05) is 7.11 Å². The highest BCUT2D eigenvalue weighted by molar-refractivity contribution is 5.78. The third kappa shape index (κ3) is 3.47. The highest BCUT2D eigenvalue weighted by atomic mass is 16.5. The molecule has 1 aliphatic heterocycles.